The minimum absolute atomic E-state index is 0.125. The summed E-state index contributed by atoms with van der Waals surface area (Å²) in [5, 5.41) is 14.7. The molecule has 0 amide bonds. The molecule has 1 aromatic carbocycles. The van der Waals surface area contributed by atoms with E-state index < -0.39 is 5.60 Å². The van der Waals surface area contributed by atoms with E-state index in [9.17, 15) is 5.11 Å². The Labute approximate surface area is 122 Å². The molecular formula is C18H27NO. The fourth-order valence-corrected chi connectivity index (χ4v) is 4.05. The van der Waals surface area contributed by atoms with Gasteiger partial charge in [-0.05, 0) is 48.1 Å². The summed E-state index contributed by atoms with van der Waals surface area (Å²) in [6, 6.07) is 8.65. The molecule has 1 fully saturated rings. The standard InChI is InChI=1S/C18H27NO/c1-17(2,3)14-8-10-18(20,11-9-14)16-15-7-5-4-6-13(15)12-19-16/h4-7,14,16,19-20H,8-12H2,1-3H3. The average Bonchev–Trinajstić information content (AvgIpc) is 2.82. The van der Waals surface area contributed by atoms with E-state index in [2.05, 4.69) is 50.4 Å². The van der Waals surface area contributed by atoms with Crippen LogP contribution in [0.3, 0.4) is 0 Å². The summed E-state index contributed by atoms with van der Waals surface area (Å²) in [5.41, 5.74) is 2.46. The van der Waals surface area contributed by atoms with E-state index in [1.807, 2.05) is 0 Å². The van der Waals surface area contributed by atoms with Gasteiger partial charge in [0, 0.05) is 6.54 Å². The maximum Gasteiger partial charge on any atom is 0.0842 e. The first-order chi connectivity index (χ1) is 9.40. The van der Waals surface area contributed by atoms with Gasteiger partial charge in [0.15, 0.2) is 0 Å². The average molecular weight is 273 g/mol. The van der Waals surface area contributed by atoms with Gasteiger partial charge >= 0.3 is 0 Å². The number of benzene rings is 1. The minimum Gasteiger partial charge on any atom is -0.388 e. The molecule has 1 aliphatic carbocycles. The molecule has 1 unspecified atom stereocenters. The number of aliphatic hydroxyl groups is 1. The Morgan fingerprint density at radius 1 is 1.15 bits per heavy atom. The Balaban J connectivity index is 1.76. The molecule has 1 aliphatic heterocycles. The summed E-state index contributed by atoms with van der Waals surface area (Å²) in [6.45, 7) is 7.87. The van der Waals surface area contributed by atoms with Crippen LogP contribution in [0.1, 0.15) is 63.6 Å². The van der Waals surface area contributed by atoms with Crippen molar-refractivity contribution in [2.24, 2.45) is 11.3 Å². The van der Waals surface area contributed by atoms with Gasteiger partial charge in [-0.2, -0.15) is 0 Å². The van der Waals surface area contributed by atoms with E-state index in [0.29, 0.717) is 5.41 Å². The van der Waals surface area contributed by atoms with Crippen molar-refractivity contribution >= 4 is 0 Å². The van der Waals surface area contributed by atoms with Crippen LogP contribution in [0.25, 0.3) is 0 Å². The quantitative estimate of drug-likeness (QED) is 0.815. The summed E-state index contributed by atoms with van der Waals surface area (Å²) < 4.78 is 0. The van der Waals surface area contributed by atoms with Crippen molar-refractivity contribution in [3.8, 4) is 0 Å². The number of hydrogen-bond donors (Lipinski definition) is 2. The highest BCUT2D eigenvalue weighted by Crippen LogP contribution is 2.47. The maximum absolute atomic E-state index is 11.1. The fourth-order valence-electron chi connectivity index (χ4n) is 4.05. The largest absolute Gasteiger partial charge is 0.388 e. The molecule has 2 N–H and O–H groups in total. The molecule has 1 aromatic rings. The van der Waals surface area contributed by atoms with E-state index in [-0.39, 0.29) is 6.04 Å². The molecule has 1 atom stereocenters. The summed E-state index contributed by atoms with van der Waals surface area (Å²) >= 11 is 0. The van der Waals surface area contributed by atoms with Crippen LogP contribution in [0.2, 0.25) is 0 Å². The Hall–Kier alpha value is -0.860. The van der Waals surface area contributed by atoms with Crippen LogP contribution >= 0.6 is 0 Å². The van der Waals surface area contributed by atoms with Crippen molar-refractivity contribution in [1.29, 1.82) is 0 Å². The van der Waals surface area contributed by atoms with Gasteiger partial charge in [-0.15, -0.1) is 0 Å². The van der Waals surface area contributed by atoms with Crippen LogP contribution in [0.5, 0.6) is 0 Å². The third-order valence-electron chi connectivity index (χ3n) is 5.48. The molecule has 0 bridgehead atoms. The first-order valence-corrected chi connectivity index (χ1v) is 7.94. The second-order valence-corrected chi connectivity index (χ2v) is 7.76. The summed E-state index contributed by atoms with van der Waals surface area (Å²) in [6.07, 6.45) is 4.11. The molecule has 2 heteroatoms. The third kappa shape index (κ3) is 2.40. The van der Waals surface area contributed by atoms with E-state index in [1.165, 1.54) is 11.1 Å². The normalized spacial score (nSPS) is 34.0. The molecule has 0 spiro atoms. The second kappa shape index (κ2) is 4.85. The van der Waals surface area contributed by atoms with Crippen molar-refractivity contribution in [3.05, 3.63) is 35.4 Å². The first kappa shape index (κ1) is 14.1. The third-order valence-corrected chi connectivity index (χ3v) is 5.48. The summed E-state index contributed by atoms with van der Waals surface area (Å²) in [5.74, 6) is 0.736. The van der Waals surface area contributed by atoms with Crippen molar-refractivity contribution in [1.82, 2.24) is 5.32 Å². The highest BCUT2D eigenvalue weighted by molar-refractivity contribution is 5.36. The molecule has 3 rings (SSSR count). The fraction of sp³-hybridized carbons (Fsp3) is 0.667. The van der Waals surface area contributed by atoms with Gasteiger partial charge in [-0.3, -0.25) is 0 Å². The highest BCUT2D eigenvalue weighted by atomic mass is 16.3. The molecule has 1 heterocycles. The van der Waals surface area contributed by atoms with E-state index in [1.54, 1.807) is 0 Å². The molecule has 2 aliphatic rings. The lowest BCUT2D eigenvalue weighted by molar-refractivity contribution is -0.0521. The number of hydrogen-bond acceptors (Lipinski definition) is 2. The SMILES string of the molecule is CC(C)(C)C1CCC(O)(C2NCc3ccccc32)CC1. The van der Waals surface area contributed by atoms with Crippen LogP contribution in [-0.4, -0.2) is 10.7 Å². The maximum atomic E-state index is 11.1. The van der Waals surface area contributed by atoms with Gasteiger partial charge in [0.05, 0.1) is 11.6 Å². The molecule has 1 saturated carbocycles. The number of fused-ring (bicyclic) bond motifs is 1. The van der Waals surface area contributed by atoms with Crippen LogP contribution in [0.4, 0.5) is 0 Å². The predicted molar refractivity (Wildman–Crippen MR) is 82.4 cm³/mol. The molecule has 110 valence electrons. The van der Waals surface area contributed by atoms with Gasteiger partial charge in [-0.1, -0.05) is 45.0 Å². The second-order valence-electron chi connectivity index (χ2n) is 7.76. The zero-order valence-corrected chi connectivity index (χ0v) is 12.9. The minimum atomic E-state index is -0.561. The van der Waals surface area contributed by atoms with Crippen molar-refractivity contribution in [2.75, 3.05) is 0 Å². The van der Waals surface area contributed by atoms with Crippen molar-refractivity contribution in [3.63, 3.8) is 0 Å². The van der Waals surface area contributed by atoms with Gasteiger partial charge in [0.1, 0.15) is 0 Å². The molecule has 2 nitrogen and oxygen atoms in total. The van der Waals surface area contributed by atoms with E-state index in [0.717, 1.165) is 38.1 Å². The number of rotatable bonds is 1. The van der Waals surface area contributed by atoms with Crippen molar-refractivity contribution < 1.29 is 5.11 Å². The van der Waals surface area contributed by atoms with Crippen LogP contribution in [-0.2, 0) is 6.54 Å². The highest BCUT2D eigenvalue weighted by Gasteiger charge is 2.45. The van der Waals surface area contributed by atoms with Gasteiger partial charge < -0.3 is 10.4 Å². The smallest absolute Gasteiger partial charge is 0.0842 e. The van der Waals surface area contributed by atoms with E-state index in [4.69, 9.17) is 0 Å². The van der Waals surface area contributed by atoms with Crippen molar-refractivity contribution in [2.45, 2.75) is 64.6 Å². The summed E-state index contributed by atoms with van der Waals surface area (Å²) in [4.78, 5) is 0. The zero-order valence-electron chi connectivity index (χ0n) is 12.9. The van der Waals surface area contributed by atoms with Gasteiger partial charge in [0.2, 0.25) is 0 Å². The lowest BCUT2D eigenvalue weighted by Gasteiger charge is -2.44. The first-order valence-electron chi connectivity index (χ1n) is 7.94. The van der Waals surface area contributed by atoms with E-state index >= 15 is 0 Å². The van der Waals surface area contributed by atoms with Crippen LogP contribution in [0, 0.1) is 11.3 Å². The molecule has 0 aromatic heterocycles. The number of nitrogens with one attached hydrogen (secondary N) is 1. The van der Waals surface area contributed by atoms with Crippen LogP contribution < -0.4 is 5.32 Å². The Bertz CT molecular complexity index is 480. The monoisotopic (exact) mass is 273 g/mol. The van der Waals surface area contributed by atoms with Gasteiger partial charge in [-0.25, -0.2) is 0 Å². The molecule has 20 heavy (non-hydrogen) atoms. The zero-order chi connectivity index (χ0) is 14.4. The Kier molecular flexibility index (Phi) is 3.42. The Morgan fingerprint density at radius 3 is 2.45 bits per heavy atom. The van der Waals surface area contributed by atoms with Crippen LogP contribution in [0.15, 0.2) is 24.3 Å². The molecule has 0 saturated heterocycles. The Morgan fingerprint density at radius 2 is 1.80 bits per heavy atom. The summed E-state index contributed by atoms with van der Waals surface area (Å²) in [7, 11) is 0. The lowest BCUT2D eigenvalue weighted by atomic mass is 9.66. The molecule has 0 radical (unpaired) electrons. The van der Waals surface area contributed by atoms with Gasteiger partial charge in [0.25, 0.3) is 0 Å². The lowest BCUT2D eigenvalue weighted by Crippen LogP contribution is -2.45. The topological polar surface area (TPSA) is 32.3 Å². The molecular weight excluding hydrogens is 246 g/mol. The predicted octanol–water partition coefficient (Wildman–Crippen LogP) is 3.80.